The normalized spacial score (nSPS) is 12.7. The molecule has 6 aromatic rings. The van der Waals surface area contributed by atoms with Crippen molar-refractivity contribution < 1.29 is 84.2 Å². The average molecular weight is 1010 g/mol. The van der Waals surface area contributed by atoms with Crippen LogP contribution in [0.25, 0.3) is 12.2 Å². The summed E-state index contributed by atoms with van der Waals surface area (Å²) < 4.78 is 105. The van der Waals surface area contributed by atoms with Crippen molar-refractivity contribution >= 4 is 47.0 Å². The van der Waals surface area contributed by atoms with Crippen LogP contribution in [-0.2, 0) is 22.4 Å². The highest BCUT2D eigenvalue weighted by molar-refractivity contribution is 6.01. The van der Waals surface area contributed by atoms with E-state index in [1.165, 1.54) is 62.8 Å². The summed E-state index contributed by atoms with van der Waals surface area (Å²) in [5, 5.41) is 24.5. The average Bonchev–Trinajstić information content (AvgIpc) is 3.35. The van der Waals surface area contributed by atoms with Crippen molar-refractivity contribution in [2.45, 2.75) is 37.8 Å². The Balaban J connectivity index is 1.26. The summed E-state index contributed by atoms with van der Waals surface area (Å²) in [6, 6.07) is 29.1. The molecule has 0 radical (unpaired) electrons. The van der Waals surface area contributed by atoms with Crippen LogP contribution in [-0.4, -0.2) is 72.9 Å². The molecule has 6 rings (SSSR count). The maximum absolute atomic E-state index is 14.2. The molecule has 0 amide bonds. The van der Waals surface area contributed by atoms with Crippen LogP contribution in [0, 0.1) is 5.41 Å². The maximum atomic E-state index is 14.2. The van der Waals surface area contributed by atoms with Gasteiger partial charge in [0.25, 0.3) is 0 Å². The van der Waals surface area contributed by atoms with Gasteiger partial charge in [0.2, 0.25) is 0 Å². The van der Waals surface area contributed by atoms with E-state index in [0.29, 0.717) is 33.6 Å². The van der Waals surface area contributed by atoms with Crippen LogP contribution in [0.15, 0.2) is 146 Å². The summed E-state index contributed by atoms with van der Waals surface area (Å²) >= 11 is 0. The number of hydrogen-bond donors (Lipinski definition) is 4. The molecule has 14 nitrogen and oxygen atoms in total. The second-order valence-electron chi connectivity index (χ2n) is 16.1. The molecule has 380 valence electrons. The first kappa shape index (κ1) is 53.7. The molecular formula is C53H44F6N2O12. The van der Waals surface area contributed by atoms with E-state index in [1.54, 1.807) is 48.5 Å². The zero-order valence-electron chi connectivity index (χ0n) is 38.5. The first-order chi connectivity index (χ1) is 34.5. The van der Waals surface area contributed by atoms with Crippen molar-refractivity contribution in [1.29, 1.82) is 0 Å². The Bertz CT molecular complexity index is 2770. The second kappa shape index (κ2) is 23.1. The molecule has 0 aliphatic rings. The van der Waals surface area contributed by atoms with Crippen LogP contribution in [0.2, 0.25) is 0 Å². The van der Waals surface area contributed by atoms with Crippen LogP contribution < -0.4 is 39.9 Å². The molecule has 73 heavy (non-hydrogen) atoms. The highest BCUT2D eigenvalue weighted by Crippen LogP contribution is 2.39. The van der Waals surface area contributed by atoms with Gasteiger partial charge in [-0.3, -0.25) is 9.59 Å². The molecule has 0 saturated carbocycles. The van der Waals surface area contributed by atoms with Gasteiger partial charge in [0.15, 0.2) is 34.6 Å². The lowest BCUT2D eigenvalue weighted by molar-refractivity contribution is -0.275. The number of alkyl halides is 6. The molecule has 6 aromatic carbocycles. The fourth-order valence-corrected chi connectivity index (χ4v) is 7.38. The highest BCUT2D eigenvalue weighted by Gasteiger charge is 2.49. The van der Waals surface area contributed by atoms with Gasteiger partial charge in [-0.1, -0.05) is 48.6 Å². The van der Waals surface area contributed by atoms with Gasteiger partial charge >= 0.3 is 24.7 Å². The number of methoxy groups -OCH3 is 2. The van der Waals surface area contributed by atoms with E-state index in [2.05, 4.69) is 9.47 Å². The summed E-state index contributed by atoms with van der Waals surface area (Å²) in [6.45, 7) is 0. The van der Waals surface area contributed by atoms with E-state index in [0.717, 1.165) is 60.7 Å². The number of carbonyl (C=O) groups excluding carboxylic acids is 4. The van der Waals surface area contributed by atoms with Crippen LogP contribution in [0.4, 0.5) is 37.7 Å². The van der Waals surface area contributed by atoms with E-state index < -0.39 is 65.4 Å². The van der Waals surface area contributed by atoms with Crippen molar-refractivity contribution in [3.8, 4) is 34.5 Å². The van der Waals surface area contributed by atoms with Gasteiger partial charge in [-0.15, -0.1) is 26.3 Å². The monoisotopic (exact) mass is 1010 g/mol. The summed E-state index contributed by atoms with van der Waals surface area (Å²) in [5.41, 5.74) is 12.1. The van der Waals surface area contributed by atoms with E-state index >= 15 is 0 Å². The molecule has 0 bridgehead atoms. The third kappa shape index (κ3) is 14.7. The zero-order chi connectivity index (χ0) is 53.1. The number of rotatable bonds is 20. The first-order valence-electron chi connectivity index (χ1n) is 21.6. The van der Waals surface area contributed by atoms with Crippen molar-refractivity contribution in [1.82, 2.24) is 0 Å². The summed E-state index contributed by atoms with van der Waals surface area (Å²) in [6.07, 6.45) is -9.86. The van der Waals surface area contributed by atoms with E-state index in [-0.39, 0.29) is 47.0 Å². The summed E-state index contributed by atoms with van der Waals surface area (Å²) in [4.78, 5) is 54.2. The molecular weight excluding hydrogens is 971 g/mol. The number of hydrogen-bond acceptors (Lipinski definition) is 14. The number of halogens is 6. The molecule has 2 unspecified atom stereocenters. The topological polar surface area (TPSA) is 216 Å². The van der Waals surface area contributed by atoms with Crippen LogP contribution in [0.5, 0.6) is 34.5 Å². The Morgan fingerprint density at radius 2 is 0.849 bits per heavy atom. The number of benzene rings is 6. The van der Waals surface area contributed by atoms with Gasteiger partial charge in [0.1, 0.15) is 23.7 Å². The first-order valence-corrected chi connectivity index (χ1v) is 21.6. The molecule has 0 aromatic heterocycles. The second-order valence-corrected chi connectivity index (χ2v) is 16.1. The van der Waals surface area contributed by atoms with Gasteiger partial charge in [0.05, 0.1) is 25.3 Å². The molecule has 0 aliphatic carbocycles. The van der Waals surface area contributed by atoms with E-state index in [1.807, 2.05) is 0 Å². The van der Waals surface area contributed by atoms with Gasteiger partial charge in [-0.05, 0) is 144 Å². The fourth-order valence-electron chi connectivity index (χ4n) is 7.38. The summed E-state index contributed by atoms with van der Waals surface area (Å²) in [7, 11) is 2.54. The SMILES string of the molecule is COc1cc(/C=C/C(=O)C(O)C(Cc2ccc(N)cc2)(Cc2ccc(N)cc2)C(O)C(=O)/C=C/c2ccc(OC(=O)c3ccc(OC(F)(F)F)cc3)c(OC)c2)ccc1OC(=O)c1ccc(OC(F)(F)F)cc1. The lowest BCUT2D eigenvalue weighted by Crippen LogP contribution is -2.54. The largest absolute Gasteiger partial charge is 0.573 e. The number of anilines is 2. The quantitative estimate of drug-likeness (QED) is 0.0184. The smallest absolute Gasteiger partial charge is 0.493 e. The van der Waals surface area contributed by atoms with Gasteiger partial charge in [-0.2, -0.15) is 0 Å². The van der Waals surface area contributed by atoms with Crippen LogP contribution >= 0.6 is 0 Å². The number of nitrogens with two attached hydrogens (primary N) is 2. The number of carbonyl (C=O) groups is 4. The molecule has 0 spiro atoms. The minimum Gasteiger partial charge on any atom is -0.493 e. The number of aliphatic hydroxyl groups is 2. The lowest BCUT2D eigenvalue weighted by atomic mass is 9.66. The minimum atomic E-state index is -4.93. The molecule has 2 atom stereocenters. The standard InChI is InChI=1S/C53H44F6N2O12/c1-68-45-27-31(9-25-43(45)70-49(66)35-11-19-39(20-12-35)72-52(54,55)56)7-23-41(62)47(64)51(29-33-3-15-37(60)16-4-33,30-34-5-17-38(61)18-6-34)48(65)42(63)24-8-32-10-26-44(46(28-32)69-2)71-50(67)36-13-21-40(22-14-36)73-53(57,58)59/h3-28,47-48,64-65H,29-30,60-61H2,1-2H3/b23-7+,24-8+. The Labute approximate surface area is 412 Å². The predicted molar refractivity (Wildman–Crippen MR) is 254 cm³/mol. The number of aliphatic hydroxyl groups excluding tert-OH is 2. The van der Waals surface area contributed by atoms with E-state index in [9.17, 15) is 55.7 Å². The third-order valence-corrected chi connectivity index (χ3v) is 11.0. The van der Waals surface area contributed by atoms with Gasteiger partial charge < -0.3 is 50.1 Å². The lowest BCUT2D eigenvalue weighted by Gasteiger charge is -2.40. The Morgan fingerprint density at radius 1 is 0.507 bits per heavy atom. The zero-order valence-corrected chi connectivity index (χ0v) is 38.5. The predicted octanol–water partition coefficient (Wildman–Crippen LogP) is 9.16. The van der Waals surface area contributed by atoms with Crippen molar-refractivity contribution in [2.24, 2.45) is 5.41 Å². The summed E-state index contributed by atoms with van der Waals surface area (Å²) in [5.74, 6) is -5.00. The Kier molecular flexibility index (Phi) is 17.0. The number of ketones is 2. The molecule has 0 fully saturated rings. The van der Waals surface area contributed by atoms with Crippen molar-refractivity contribution in [3.63, 3.8) is 0 Å². The van der Waals surface area contributed by atoms with Gasteiger partial charge in [0, 0.05) is 16.8 Å². The molecule has 0 saturated heterocycles. The van der Waals surface area contributed by atoms with Crippen molar-refractivity contribution in [2.75, 3.05) is 25.7 Å². The molecule has 20 heteroatoms. The Morgan fingerprint density at radius 3 is 1.16 bits per heavy atom. The molecule has 6 N–H and O–H groups in total. The van der Waals surface area contributed by atoms with Crippen LogP contribution in [0.3, 0.4) is 0 Å². The number of nitrogen functional groups attached to an aromatic ring is 2. The van der Waals surface area contributed by atoms with Gasteiger partial charge in [-0.25, -0.2) is 9.59 Å². The van der Waals surface area contributed by atoms with E-state index in [4.69, 9.17) is 30.4 Å². The van der Waals surface area contributed by atoms with Crippen molar-refractivity contribution in [3.05, 3.63) is 179 Å². The maximum Gasteiger partial charge on any atom is 0.573 e. The third-order valence-electron chi connectivity index (χ3n) is 11.0. The Hall–Kier alpha value is -8.62. The number of ether oxygens (including phenoxy) is 6. The minimum absolute atomic E-state index is 0.00906. The molecule has 0 aliphatic heterocycles. The highest BCUT2D eigenvalue weighted by atomic mass is 19.4. The van der Waals surface area contributed by atoms with Crippen LogP contribution in [0.1, 0.15) is 43.0 Å². The fraction of sp³-hybridized carbons (Fsp3) is 0.170. The molecule has 0 heterocycles. The number of esters is 2.